The third-order valence-electron chi connectivity index (χ3n) is 3.95. The maximum absolute atomic E-state index is 12.9. The largest absolute Gasteiger partial charge is 0.355 e. The molecule has 1 unspecified atom stereocenters. The summed E-state index contributed by atoms with van der Waals surface area (Å²) in [6, 6.07) is 6.28. The van der Waals surface area contributed by atoms with Crippen LogP contribution in [0.5, 0.6) is 0 Å². The van der Waals surface area contributed by atoms with Crippen LogP contribution in [0.2, 0.25) is 0 Å². The number of Topliss-reactive ketones (excluding diaryl/α,β-unsaturated/α-hetero) is 2. The third kappa shape index (κ3) is 3.93. The van der Waals surface area contributed by atoms with E-state index in [-0.39, 0.29) is 17.4 Å². The molecule has 0 bridgehead atoms. The van der Waals surface area contributed by atoms with Gasteiger partial charge in [-0.25, -0.2) is 4.39 Å². The van der Waals surface area contributed by atoms with Crippen LogP contribution in [0.3, 0.4) is 0 Å². The number of rotatable bonds is 6. The first-order valence-electron chi connectivity index (χ1n) is 7.58. The van der Waals surface area contributed by atoms with Gasteiger partial charge in [0.15, 0.2) is 5.78 Å². The summed E-state index contributed by atoms with van der Waals surface area (Å²) < 4.78 is 12.9. The molecular formula is C18H22FN2O2+. The summed E-state index contributed by atoms with van der Waals surface area (Å²) in [7, 11) is 1.91. The van der Waals surface area contributed by atoms with E-state index in [0.29, 0.717) is 24.3 Å². The summed E-state index contributed by atoms with van der Waals surface area (Å²) >= 11 is 0. The van der Waals surface area contributed by atoms with Crippen LogP contribution in [0, 0.1) is 19.7 Å². The fourth-order valence-corrected chi connectivity index (χ4v) is 2.93. The number of benzene rings is 1. The first-order chi connectivity index (χ1) is 10.8. The third-order valence-corrected chi connectivity index (χ3v) is 3.95. The Morgan fingerprint density at radius 1 is 1.17 bits per heavy atom. The highest BCUT2D eigenvalue weighted by Gasteiger charge is 2.22. The van der Waals surface area contributed by atoms with E-state index >= 15 is 0 Å². The topological polar surface area (TPSA) is 54.4 Å². The first kappa shape index (κ1) is 17.1. The number of aromatic amines is 1. The highest BCUT2D eigenvalue weighted by molar-refractivity contribution is 6.03. The van der Waals surface area contributed by atoms with Crippen molar-refractivity contribution in [2.45, 2.75) is 27.3 Å². The first-order valence-corrected chi connectivity index (χ1v) is 7.58. The normalized spacial score (nSPS) is 12.2. The molecule has 0 aliphatic carbocycles. The Hall–Kier alpha value is -2.27. The van der Waals surface area contributed by atoms with Crippen molar-refractivity contribution < 1.29 is 18.9 Å². The van der Waals surface area contributed by atoms with Gasteiger partial charge in [-0.3, -0.25) is 9.59 Å². The Balaban J connectivity index is 2.08. The summed E-state index contributed by atoms with van der Waals surface area (Å²) in [5, 5.41) is 0. The van der Waals surface area contributed by atoms with Gasteiger partial charge in [-0.2, -0.15) is 0 Å². The van der Waals surface area contributed by atoms with E-state index in [1.165, 1.54) is 19.1 Å². The zero-order valence-corrected chi connectivity index (χ0v) is 13.9. The monoisotopic (exact) mass is 317 g/mol. The number of aromatic nitrogens is 1. The zero-order valence-electron chi connectivity index (χ0n) is 13.9. The van der Waals surface area contributed by atoms with Gasteiger partial charge in [-0.05, 0) is 38.5 Å². The van der Waals surface area contributed by atoms with Gasteiger partial charge in [0.05, 0.1) is 12.7 Å². The molecule has 1 atom stereocenters. The second kappa shape index (κ2) is 6.87. The lowest BCUT2D eigenvalue weighted by atomic mass is 10.1. The average Bonchev–Trinajstić information content (AvgIpc) is 2.76. The summed E-state index contributed by atoms with van der Waals surface area (Å²) in [5.74, 6) is -0.336. The number of nitrogens with one attached hydrogen (secondary N) is 2. The summed E-state index contributed by atoms with van der Waals surface area (Å²) in [6.45, 7) is 6.03. The average molecular weight is 317 g/mol. The number of carbonyl (C=O) groups excluding carboxylic acids is 2. The van der Waals surface area contributed by atoms with Gasteiger partial charge in [0.2, 0.25) is 5.78 Å². The standard InChI is InChI=1S/C18H21FN2O2/c1-11-17(13(3)22)12(2)20-18(11)16(23)10-21(4)9-14-5-7-15(19)8-6-14/h5-8,20H,9-10H2,1-4H3/p+1. The Kier molecular flexibility index (Phi) is 5.11. The van der Waals surface area contributed by atoms with Crippen LogP contribution in [0.15, 0.2) is 24.3 Å². The molecule has 2 N–H and O–H groups in total. The van der Waals surface area contributed by atoms with Crippen LogP contribution in [0.4, 0.5) is 4.39 Å². The fraction of sp³-hybridized carbons (Fsp3) is 0.333. The number of H-pyrrole nitrogens is 1. The summed E-state index contributed by atoms with van der Waals surface area (Å²) in [6.07, 6.45) is 0. The van der Waals surface area contributed by atoms with Crippen molar-refractivity contribution in [2.24, 2.45) is 0 Å². The van der Waals surface area contributed by atoms with Gasteiger partial charge in [0, 0.05) is 16.8 Å². The van der Waals surface area contributed by atoms with Crippen LogP contribution in [-0.4, -0.2) is 30.1 Å². The molecular weight excluding hydrogens is 295 g/mol. The van der Waals surface area contributed by atoms with Crippen molar-refractivity contribution in [2.75, 3.05) is 13.6 Å². The van der Waals surface area contributed by atoms with Crippen LogP contribution in [-0.2, 0) is 6.54 Å². The quantitative estimate of drug-likeness (QED) is 0.799. The molecule has 0 spiro atoms. The molecule has 0 aliphatic heterocycles. The highest BCUT2D eigenvalue weighted by atomic mass is 19.1. The van der Waals surface area contributed by atoms with E-state index in [9.17, 15) is 14.0 Å². The minimum Gasteiger partial charge on any atom is -0.355 e. The highest BCUT2D eigenvalue weighted by Crippen LogP contribution is 2.18. The van der Waals surface area contributed by atoms with Crippen molar-refractivity contribution in [1.29, 1.82) is 0 Å². The number of hydrogen-bond acceptors (Lipinski definition) is 2. The molecule has 2 rings (SSSR count). The van der Waals surface area contributed by atoms with Gasteiger partial charge in [0.1, 0.15) is 18.9 Å². The van der Waals surface area contributed by atoms with Crippen molar-refractivity contribution in [3.63, 3.8) is 0 Å². The molecule has 122 valence electrons. The SMILES string of the molecule is CC(=O)c1c(C)[nH]c(C(=O)C[NH+](C)Cc2ccc(F)cc2)c1C. The van der Waals surface area contributed by atoms with Crippen LogP contribution < -0.4 is 4.90 Å². The van der Waals surface area contributed by atoms with E-state index in [1.807, 2.05) is 7.05 Å². The molecule has 5 heteroatoms. The lowest BCUT2D eigenvalue weighted by Crippen LogP contribution is -3.08. The molecule has 23 heavy (non-hydrogen) atoms. The zero-order chi connectivity index (χ0) is 17.1. The number of likely N-dealkylation sites (N-methyl/N-ethyl adjacent to an activating group) is 1. The van der Waals surface area contributed by atoms with Crippen LogP contribution in [0.25, 0.3) is 0 Å². The van der Waals surface area contributed by atoms with Gasteiger partial charge >= 0.3 is 0 Å². The second-order valence-electron chi connectivity index (χ2n) is 6.04. The lowest BCUT2D eigenvalue weighted by Gasteiger charge is -2.13. The van der Waals surface area contributed by atoms with Gasteiger partial charge in [0.25, 0.3) is 0 Å². The van der Waals surface area contributed by atoms with Crippen molar-refractivity contribution in [1.82, 2.24) is 4.98 Å². The van der Waals surface area contributed by atoms with E-state index < -0.39 is 0 Å². The fourth-order valence-electron chi connectivity index (χ4n) is 2.93. The summed E-state index contributed by atoms with van der Waals surface area (Å²) in [5.41, 5.74) is 3.53. The smallest absolute Gasteiger partial charge is 0.233 e. The number of ketones is 2. The molecule has 0 radical (unpaired) electrons. The molecule has 4 nitrogen and oxygen atoms in total. The Morgan fingerprint density at radius 2 is 1.78 bits per heavy atom. The Labute approximate surface area is 135 Å². The number of hydrogen-bond donors (Lipinski definition) is 2. The Bertz CT molecular complexity index is 732. The minimum absolute atomic E-state index is 0.0299. The minimum atomic E-state index is -0.267. The van der Waals surface area contributed by atoms with Crippen LogP contribution in [0.1, 0.15) is 44.6 Å². The molecule has 1 aromatic heterocycles. The molecule has 2 aromatic rings. The predicted molar refractivity (Wildman–Crippen MR) is 86.5 cm³/mol. The maximum Gasteiger partial charge on any atom is 0.233 e. The molecule has 1 heterocycles. The van der Waals surface area contributed by atoms with E-state index in [0.717, 1.165) is 21.7 Å². The van der Waals surface area contributed by atoms with Gasteiger partial charge in [-0.15, -0.1) is 0 Å². The van der Waals surface area contributed by atoms with E-state index in [4.69, 9.17) is 0 Å². The van der Waals surface area contributed by atoms with Gasteiger partial charge < -0.3 is 9.88 Å². The molecule has 0 aliphatic rings. The predicted octanol–water partition coefficient (Wildman–Crippen LogP) is 1.87. The molecule has 0 saturated carbocycles. The summed E-state index contributed by atoms with van der Waals surface area (Å²) in [4.78, 5) is 28.2. The number of halogens is 1. The number of carbonyl (C=O) groups is 2. The van der Waals surface area contributed by atoms with E-state index in [1.54, 1.807) is 26.0 Å². The van der Waals surface area contributed by atoms with Crippen molar-refractivity contribution in [3.05, 3.63) is 58.2 Å². The number of quaternary nitrogens is 1. The molecule has 0 amide bonds. The molecule has 1 aromatic carbocycles. The second-order valence-corrected chi connectivity index (χ2v) is 6.04. The number of aryl methyl sites for hydroxylation is 1. The Morgan fingerprint density at radius 3 is 2.30 bits per heavy atom. The van der Waals surface area contributed by atoms with Gasteiger partial charge in [-0.1, -0.05) is 12.1 Å². The lowest BCUT2D eigenvalue weighted by molar-refractivity contribution is -0.884. The van der Waals surface area contributed by atoms with Crippen molar-refractivity contribution in [3.8, 4) is 0 Å². The van der Waals surface area contributed by atoms with E-state index in [2.05, 4.69) is 4.98 Å². The molecule has 0 saturated heterocycles. The molecule has 0 fully saturated rings. The van der Waals surface area contributed by atoms with Crippen molar-refractivity contribution >= 4 is 11.6 Å². The van der Waals surface area contributed by atoms with Crippen LogP contribution >= 0.6 is 0 Å². The maximum atomic E-state index is 12.9.